The van der Waals surface area contributed by atoms with Crippen molar-refractivity contribution in [1.29, 1.82) is 0 Å². The number of nitrogens with two attached hydrogens (primary N) is 1. The number of rotatable bonds is 5. The first-order valence-electron chi connectivity index (χ1n) is 4.56. The summed E-state index contributed by atoms with van der Waals surface area (Å²) in [7, 11) is -2.96. The van der Waals surface area contributed by atoms with E-state index in [2.05, 4.69) is 10.3 Å². The zero-order chi connectivity index (χ0) is 12.2. The first-order chi connectivity index (χ1) is 7.38. The van der Waals surface area contributed by atoms with E-state index in [1.807, 2.05) is 0 Å². The average Bonchev–Trinajstić information content (AvgIpc) is 2.16. The fraction of sp³-hybridized carbons (Fsp3) is 0.333. The Morgan fingerprint density at radius 2 is 2.31 bits per heavy atom. The Kier molecular flexibility index (Phi) is 4.19. The highest BCUT2D eigenvalue weighted by molar-refractivity contribution is 7.90. The molecule has 1 rings (SSSR count). The Labute approximate surface area is 100.0 Å². The van der Waals surface area contributed by atoms with Crippen LogP contribution in [0.5, 0.6) is 0 Å². The highest BCUT2D eigenvalue weighted by atomic mass is 32.2. The number of nitrogens with one attached hydrogen (secondary N) is 1. The maximum atomic E-state index is 10.9. The van der Waals surface area contributed by atoms with Crippen molar-refractivity contribution in [3.8, 4) is 0 Å². The third kappa shape index (κ3) is 4.54. The van der Waals surface area contributed by atoms with E-state index in [0.717, 1.165) is 0 Å². The molecule has 16 heavy (non-hydrogen) atoms. The Hall–Kier alpha value is -1.21. The van der Waals surface area contributed by atoms with Gasteiger partial charge in [0.05, 0.1) is 5.75 Å². The molecular weight excluding hydrogens is 246 g/mol. The molecule has 0 aromatic carbocycles. The molecule has 7 heteroatoms. The van der Waals surface area contributed by atoms with Crippen molar-refractivity contribution in [1.82, 2.24) is 4.98 Å². The van der Waals surface area contributed by atoms with Gasteiger partial charge in [0.15, 0.2) is 0 Å². The molecule has 0 saturated heterocycles. The SMILES string of the molecule is CS(=O)(=O)CCNc1cc(C(N)=S)ccn1. The van der Waals surface area contributed by atoms with E-state index in [1.54, 1.807) is 18.3 Å². The summed E-state index contributed by atoms with van der Waals surface area (Å²) >= 11 is 4.82. The molecule has 0 fully saturated rings. The number of thiocarbonyl (C=S) groups is 1. The van der Waals surface area contributed by atoms with Gasteiger partial charge in [0.1, 0.15) is 20.6 Å². The van der Waals surface area contributed by atoms with Gasteiger partial charge in [0.25, 0.3) is 0 Å². The Morgan fingerprint density at radius 3 is 2.88 bits per heavy atom. The third-order valence-electron chi connectivity index (χ3n) is 1.82. The van der Waals surface area contributed by atoms with E-state index in [9.17, 15) is 8.42 Å². The van der Waals surface area contributed by atoms with Crippen LogP contribution >= 0.6 is 12.2 Å². The van der Waals surface area contributed by atoms with E-state index in [4.69, 9.17) is 18.0 Å². The van der Waals surface area contributed by atoms with Crippen molar-refractivity contribution in [3.63, 3.8) is 0 Å². The minimum Gasteiger partial charge on any atom is -0.389 e. The number of anilines is 1. The number of aromatic nitrogens is 1. The summed E-state index contributed by atoms with van der Waals surface area (Å²) in [6.45, 7) is 0.312. The van der Waals surface area contributed by atoms with Crippen LogP contribution in [0, 0.1) is 0 Å². The van der Waals surface area contributed by atoms with Gasteiger partial charge in [-0.15, -0.1) is 0 Å². The fourth-order valence-corrected chi connectivity index (χ4v) is 1.64. The Balaban J connectivity index is 2.61. The smallest absolute Gasteiger partial charge is 0.149 e. The van der Waals surface area contributed by atoms with E-state index in [0.29, 0.717) is 17.9 Å². The van der Waals surface area contributed by atoms with Gasteiger partial charge >= 0.3 is 0 Å². The molecule has 0 spiro atoms. The minimum absolute atomic E-state index is 0.0615. The molecule has 0 amide bonds. The van der Waals surface area contributed by atoms with Gasteiger partial charge in [0, 0.05) is 24.6 Å². The molecule has 1 aromatic rings. The quantitative estimate of drug-likeness (QED) is 0.733. The zero-order valence-electron chi connectivity index (χ0n) is 8.80. The standard InChI is InChI=1S/C9H13N3O2S2/c1-16(13,14)5-4-12-8-6-7(9(10)15)2-3-11-8/h2-3,6H,4-5H2,1H3,(H2,10,15)(H,11,12). The summed E-state index contributed by atoms with van der Waals surface area (Å²) < 4.78 is 21.8. The Bertz CT molecular complexity index is 485. The number of nitrogens with zero attached hydrogens (tertiary/aromatic N) is 1. The highest BCUT2D eigenvalue weighted by Crippen LogP contribution is 2.06. The van der Waals surface area contributed by atoms with Crippen molar-refractivity contribution in [2.24, 2.45) is 5.73 Å². The van der Waals surface area contributed by atoms with Crippen LogP contribution in [0.25, 0.3) is 0 Å². The summed E-state index contributed by atoms with van der Waals surface area (Å²) in [6.07, 6.45) is 2.75. The number of sulfone groups is 1. The van der Waals surface area contributed by atoms with Crippen molar-refractivity contribution in [3.05, 3.63) is 23.9 Å². The van der Waals surface area contributed by atoms with Gasteiger partial charge in [0.2, 0.25) is 0 Å². The minimum atomic E-state index is -2.96. The normalized spacial score (nSPS) is 11.1. The van der Waals surface area contributed by atoms with Crippen LogP contribution in [-0.2, 0) is 9.84 Å². The van der Waals surface area contributed by atoms with Crippen LogP contribution in [0.1, 0.15) is 5.56 Å². The fourth-order valence-electron chi connectivity index (χ4n) is 1.04. The molecule has 1 aromatic heterocycles. The molecule has 3 N–H and O–H groups in total. The van der Waals surface area contributed by atoms with Gasteiger partial charge in [-0.3, -0.25) is 0 Å². The second-order valence-electron chi connectivity index (χ2n) is 3.35. The molecule has 5 nitrogen and oxygen atoms in total. The summed E-state index contributed by atoms with van der Waals surface area (Å²) in [5, 5.41) is 2.89. The van der Waals surface area contributed by atoms with Crippen molar-refractivity contribution in [2.75, 3.05) is 23.9 Å². The number of hydrogen-bond donors (Lipinski definition) is 2. The average molecular weight is 259 g/mol. The molecule has 0 aliphatic carbocycles. The molecule has 0 bridgehead atoms. The summed E-state index contributed by atoms with van der Waals surface area (Å²) in [6, 6.07) is 3.38. The number of pyridine rings is 1. The lowest BCUT2D eigenvalue weighted by Gasteiger charge is -2.05. The maximum absolute atomic E-state index is 10.9. The molecule has 0 aliphatic heterocycles. The van der Waals surface area contributed by atoms with Crippen LogP contribution in [0.4, 0.5) is 5.82 Å². The number of hydrogen-bond acceptors (Lipinski definition) is 5. The van der Waals surface area contributed by atoms with Crippen LogP contribution in [0.2, 0.25) is 0 Å². The lowest BCUT2D eigenvalue weighted by Crippen LogP contribution is -2.15. The first kappa shape index (κ1) is 12.9. The molecule has 0 radical (unpaired) electrons. The summed E-state index contributed by atoms with van der Waals surface area (Å²) in [4.78, 5) is 4.31. The third-order valence-corrected chi connectivity index (χ3v) is 3.00. The topological polar surface area (TPSA) is 85.1 Å². The van der Waals surface area contributed by atoms with Gasteiger partial charge in [-0.25, -0.2) is 13.4 Å². The predicted molar refractivity (Wildman–Crippen MR) is 68.3 cm³/mol. The lowest BCUT2D eigenvalue weighted by atomic mass is 10.2. The first-order valence-corrected chi connectivity index (χ1v) is 7.03. The second kappa shape index (κ2) is 5.22. The lowest BCUT2D eigenvalue weighted by molar-refractivity contribution is 0.602. The van der Waals surface area contributed by atoms with Crippen LogP contribution in [0.3, 0.4) is 0 Å². The zero-order valence-corrected chi connectivity index (χ0v) is 10.4. The van der Waals surface area contributed by atoms with Gasteiger partial charge < -0.3 is 11.1 Å². The highest BCUT2D eigenvalue weighted by Gasteiger charge is 2.03. The predicted octanol–water partition coefficient (Wildman–Crippen LogP) is 0.172. The van der Waals surface area contributed by atoms with Gasteiger partial charge in [-0.1, -0.05) is 12.2 Å². The molecule has 0 unspecified atom stereocenters. The molecule has 1 heterocycles. The molecule has 0 saturated carbocycles. The van der Waals surface area contributed by atoms with Crippen molar-refractivity contribution < 1.29 is 8.42 Å². The van der Waals surface area contributed by atoms with E-state index in [1.165, 1.54) is 6.26 Å². The van der Waals surface area contributed by atoms with Crippen LogP contribution in [-0.4, -0.2) is 36.9 Å². The Morgan fingerprint density at radius 1 is 1.62 bits per heavy atom. The second-order valence-corrected chi connectivity index (χ2v) is 6.05. The van der Waals surface area contributed by atoms with E-state index in [-0.39, 0.29) is 10.7 Å². The molecule has 88 valence electrons. The van der Waals surface area contributed by atoms with Gasteiger partial charge in [-0.05, 0) is 12.1 Å². The molecular formula is C9H13N3O2S2. The maximum Gasteiger partial charge on any atom is 0.149 e. The molecule has 0 atom stereocenters. The van der Waals surface area contributed by atoms with Crippen molar-refractivity contribution >= 4 is 32.9 Å². The largest absolute Gasteiger partial charge is 0.389 e. The van der Waals surface area contributed by atoms with Crippen molar-refractivity contribution in [2.45, 2.75) is 0 Å². The summed E-state index contributed by atoms with van der Waals surface area (Å²) in [5.41, 5.74) is 6.16. The summed E-state index contributed by atoms with van der Waals surface area (Å²) in [5.74, 6) is 0.625. The van der Waals surface area contributed by atoms with Crippen LogP contribution < -0.4 is 11.1 Å². The van der Waals surface area contributed by atoms with E-state index < -0.39 is 9.84 Å². The molecule has 0 aliphatic rings. The van der Waals surface area contributed by atoms with Gasteiger partial charge in [-0.2, -0.15) is 0 Å². The van der Waals surface area contributed by atoms with Crippen LogP contribution in [0.15, 0.2) is 18.3 Å². The monoisotopic (exact) mass is 259 g/mol. The van der Waals surface area contributed by atoms with E-state index >= 15 is 0 Å².